The summed E-state index contributed by atoms with van der Waals surface area (Å²) in [5, 5.41) is 0. The average Bonchev–Trinajstić information content (AvgIpc) is 2.49. The molecule has 2 aromatic rings. The van der Waals surface area contributed by atoms with E-state index in [9.17, 15) is 13.2 Å². The summed E-state index contributed by atoms with van der Waals surface area (Å²) in [6.07, 6.45) is 0. The lowest BCUT2D eigenvalue weighted by atomic mass is 10.1. The maximum Gasteiger partial charge on any atom is 0.241 e. The van der Waals surface area contributed by atoms with Crippen molar-refractivity contribution in [3.05, 3.63) is 58.7 Å². The normalized spacial score (nSPS) is 11.4. The minimum absolute atomic E-state index is 0.127. The van der Waals surface area contributed by atoms with Crippen LogP contribution in [-0.4, -0.2) is 27.4 Å². The van der Waals surface area contributed by atoms with E-state index in [4.69, 9.17) is 0 Å². The number of rotatable bonds is 6. The van der Waals surface area contributed by atoms with Gasteiger partial charge in [-0.15, -0.1) is 0 Å². The van der Waals surface area contributed by atoms with Gasteiger partial charge in [0.1, 0.15) is 0 Å². The molecule has 2 rings (SSSR count). The predicted octanol–water partition coefficient (Wildman–Crippen LogP) is 3.25. The van der Waals surface area contributed by atoms with E-state index < -0.39 is 10.0 Å². The van der Waals surface area contributed by atoms with E-state index >= 15 is 0 Å². The lowest BCUT2D eigenvalue weighted by Gasteiger charge is -2.22. The summed E-state index contributed by atoms with van der Waals surface area (Å²) in [7, 11) is -3.64. The first-order valence-corrected chi connectivity index (χ1v) is 10.0. The number of aryl methyl sites for hydroxylation is 4. The van der Waals surface area contributed by atoms with Crippen molar-refractivity contribution in [2.75, 3.05) is 18.0 Å². The van der Waals surface area contributed by atoms with E-state index in [1.807, 2.05) is 50.2 Å². The zero-order chi connectivity index (χ0) is 19.5. The smallest absolute Gasteiger partial charge is 0.241 e. The fourth-order valence-corrected chi connectivity index (χ4v) is 4.69. The SMILES string of the molecule is CC(=O)N(CCNS(=O)(=O)c1c(C)cc(C)cc1C)c1cccc(C)c1. The molecular formula is C20H26N2O3S. The van der Waals surface area contributed by atoms with Gasteiger partial charge in [0.25, 0.3) is 0 Å². The molecule has 0 saturated heterocycles. The molecule has 5 nitrogen and oxygen atoms in total. The summed E-state index contributed by atoms with van der Waals surface area (Å²) < 4.78 is 28.0. The van der Waals surface area contributed by atoms with E-state index in [1.165, 1.54) is 6.92 Å². The number of sulfonamides is 1. The number of nitrogens with one attached hydrogen (secondary N) is 1. The zero-order valence-corrected chi connectivity index (χ0v) is 16.8. The molecule has 6 heteroatoms. The molecule has 0 aliphatic rings. The van der Waals surface area contributed by atoms with Crippen molar-refractivity contribution in [3.63, 3.8) is 0 Å². The molecule has 2 aromatic carbocycles. The lowest BCUT2D eigenvalue weighted by molar-refractivity contribution is -0.116. The van der Waals surface area contributed by atoms with Crippen LogP contribution in [0.4, 0.5) is 5.69 Å². The Hall–Kier alpha value is -2.18. The van der Waals surface area contributed by atoms with Crippen LogP contribution in [-0.2, 0) is 14.8 Å². The second kappa shape index (κ2) is 8.01. The number of anilines is 1. The van der Waals surface area contributed by atoms with E-state index in [0.717, 1.165) is 27.9 Å². The lowest BCUT2D eigenvalue weighted by Crippen LogP contribution is -2.37. The number of nitrogens with zero attached hydrogens (tertiary/aromatic N) is 1. The van der Waals surface area contributed by atoms with Crippen molar-refractivity contribution in [3.8, 4) is 0 Å². The van der Waals surface area contributed by atoms with Crippen LogP contribution in [0.5, 0.6) is 0 Å². The molecule has 0 aliphatic carbocycles. The molecule has 140 valence electrons. The number of amides is 1. The Kier molecular flexibility index (Phi) is 6.21. The summed E-state index contributed by atoms with van der Waals surface area (Å²) in [5.41, 5.74) is 4.27. The summed E-state index contributed by atoms with van der Waals surface area (Å²) in [6, 6.07) is 11.3. The first kappa shape index (κ1) is 20.1. The minimum Gasteiger partial charge on any atom is -0.311 e. The van der Waals surface area contributed by atoms with Crippen molar-refractivity contribution in [1.82, 2.24) is 4.72 Å². The van der Waals surface area contributed by atoms with Crippen LogP contribution in [0.25, 0.3) is 0 Å². The topological polar surface area (TPSA) is 66.5 Å². The molecule has 1 amide bonds. The van der Waals surface area contributed by atoms with Gasteiger partial charge in [-0.3, -0.25) is 4.79 Å². The van der Waals surface area contributed by atoms with Gasteiger partial charge in [-0.1, -0.05) is 29.8 Å². The third-order valence-electron chi connectivity index (χ3n) is 4.19. The highest BCUT2D eigenvalue weighted by Gasteiger charge is 2.20. The molecule has 0 spiro atoms. The van der Waals surface area contributed by atoms with Gasteiger partial charge >= 0.3 is 0 Å². The zero-order valence-electron chi connectivity index (χ0n) is 16.0. The Bertz CT molecular complexity index is 897. The van der Waals surface area contributed by atoms with Crippen LogP contribution < -0.4 is 9.62 Å². The van der Waals surface area contributed by atoms with Gasteiger partial charge in [-0.25, -0.2) is 13.1 Å². The molecule has 0 bridgehead atoms. The molecule has 0 aliphatic heterocycles. The third kappa shape index (κ3) is 4.71. The Balaban J connectivity index is 2.15. The van der Waals surface area contributed by atoms with Gasteiger partial charge in [0, 0.05) is 25.7 Å². The van der Waals surface area contributed by atoms with E-state index in [-0.39, 0.29) is 19.0 Å². The van der Waals surface area contributed by atoms with Crippen molar-refractivity contribution in [1.29, 1.82) is 0 Å². The van der Waals surface area contributed by atoms with E-state index in [2.05, 4.69) is 4.72 Å². The second-order valence-corrected chi connectivity index (χ2v) is 8.34. The van der Waals surface area contributed by atoms with Crippen molar-refractivity contribution >= 4 is 21.6 Å². The summed E-state index contributed by atoms with van der Waals surface area (Å²) in [4.78, 5) is 13.9. The Labute approximate surface area is 156 Å². The van der Waals surface area contributed by atoms with Gasteiger partial charge in [0.05, 0.1) is 4.90 Å². The number of carbonyl (C=O) groups excluding carboxylic acids is 1. The third-order valence-corrected chi connectivity index (χ3v) is 5.96. The highest BCUT2D eigenvalue weighted by atomic mass is 32.2. The maximum absolute atomic E-state index is 12.7. The fourth-order valence-electron chi connectivity index (χ4n) is 3.22. The molecule has 0 aromatic heterocycles. The van der Waals surface area contributed by atoms with Crippen molar-refractivity contribution in [2.45, 2.75) is 39.5 Å². The van der Waals surface area contributed by atoms with Gasteiger partial charge in [0.2, 0.25) is 15.9 Å². The number of carbonyl (C=O) groups is 1. The van der Waals surface area contributed by atoms with Crippen molar-refractivity contribution in [2.24, 2.45) is 0 Å². The standard InChI is InChI=1S/C20H26N2O3S/c1-14-7-6-8-19(13-14)22(18(5)23)10-9-21-26(24,25)20-16(3)11-15(2)12-17(20)4/h6-8,11-13,21H,9-10H2,1-5H3. The Morgan fingerprint density at radius 1 is 1.00 bits per heavy atom. The van der Waals surface area contributed by atoms with E-state index in [0.29, 0.717) is 4.90 Å². The van der Waals surface area contributed by atoms with Crippen LogP contribution in [0.15, 0.2) is 41.3 Å². The van der Waals surface area contributed by atoms with Gasteiger partial charge in [-0.05, 0) is 56.5 Å². The summed E-state index contributed by atoms with van der Waals surface area (Å²) in [5.74, 6) is -0.127. The highest BCUT2D eigenvalue weighted by Crippen LogP contribution is 2.21. The molecule has 0 saturated carbocycles. The van der Waals surface area contributed by atoms with Crippen LogP contribution in [0.3, 0.4) is 0 Å². The summed E-state index contributed by atoms with van der Waals surface area (Å²) >= 11 is 0. The minimum atomic E-state index is -3.64. The molecule has 1 N–H and O–H groups in total. The van der Waals surface area contributed by atoms with Crippen molar-refractivity contribution < 1.29 is 13.2 Å². The number of hydrogen-bond donors (Lipinski definition) is 1. The number of hydrogen-bond acceptors (Lipinski definition) is 3. The van der Waals surface area contributed by atoms with Gasteiger partial charge in [-0.2, -0.15) is 0 Å². The van der Waals surface area contributed by atoms with Crippen LogP contribution in [0.2, 0.25) is 0 Å². The van der Waals surface area contributed by atoms with Crippen LogP contribution >= 0.6 is 0 Å². The monoisotopic (exact) mass is 374 g/mol. The first-order chi connectivity index (χ1) is 12.1. The summed E-state index contributed by atoms with van der Waals surface area (Å²) in [6.45, 7) is 9.37. The van der Waals surface area contributed by atoms with Gasteiger partial charge in [0.15, 0.2) is 0 Å². The number of benzene rings is 2. The van der Waals surface area contributed by atoms with Crippen LogP contribution in [0.1, 0.15) is 29.2 Å². The van der Waals surface area contributed by atoms with Gasteiger partial charge < -0.3 is 4.90 Å². The molecule has 0 fully saturated rings. The second-order valence-electron chi connectivity index (χ2n) is 6.64. The predicted molar refractivity (Wildman–Crippen MR) is 105 cm³/mol. The average molecular weight is 375 g/mol. The first-order valence-electron chi connectivity index (χ1n) is 8.54. The molecule has 26 heavy (non-hydrogen) atoms. The molecular weight excluding hydrogens is 348 g/mol. The molecule has 0 atom stereocenters. The molecule has 0 unspecified atom stereocenters. The Morgan fingerprint density at radius 2 is 1.62 bits per heavy atom. The maximum atomic E-state index is 12.7. The largest absolute Gasteiger partial charge is 0.311 e. The molecule has 0 heterocycles. The van der Waals surface area contributed by atoms with E-state index in [1.54, 1.807) is 18.7 Å². The quantitative estimate of drug-likeness (QED) is 0.844. The molecule has 0 radical (unpaired) electrons. The Morgan fingerprint density at radius 3 is 2.15 bits per heavy atom. The highest BCUT2D eigenvalue weighted by molar-refractivity contribution is 7.89. The fraction of sp³-hybridized carbons (Fsp3) is 0.350. The van der Waals surface area contributed by atoms with Crippen LogP contribution in [0, 0.1) is 27.7 Å².